The van der Waals surface area contributed by atoms with Crippen LogP contribution in [0.15, 0.2) is 54.6 Å². The quantitative estimate of drug-likeness (QED) is 0.808. The van der Waals surface area contributed by atoms with Gasteiger partial charge in [0, 0.05) is 5.56 Å². The Labute approximate surface area is 99.0 Å². The molecule has 1 heterocycles. The van der Waals surface area contributed by atoms with E-state index in [1.165, 1.54) is 0 Å². The number of amides is 1. The normalized spacial score (nSPS) is 17.9. The van der Waals surface area contributed by atoms with Crippen molar-refractivity contribution in [3.05, 3.63) is 65.7 Å². The first-order valence-corrected chi connectivity index (χ1v) is 5.46. The van der Waals surface area contributed by atoms with Crippen LogP contribution in [0.4, 0.5) is 10.5 Å². The number of hydrogen-bond donors (Lipinski definition) is 1. The number of benzene rings is 2. The lowest BCUT2D eigenvalue weighted by Crippen LogP contribution is -2.25. The molecule has 0 aromatic heterocycles. The largest absolute Gasteiger partial charge is 0.436 e. The summed E-state index contributed by atoms with van der Waals surface area (Å²) in [6.45, 7) is 0. The highest BCUT2D eigenvalue weighted by molar-refractivity contribution is 5.88. The fourth-order valence-electron chi connectivity index (χ4n) is 2.02. The summed E-state index contributed by atoms with van der Waals surface area (Å²) < 4.78 is 5.35. The van der Waals surface area contributed by atoms with E-state index >= 15 is 0 Å². The number of carbonyl (C=O) groups is 1. The maximum Gasteiger partial charge on any atom is 0.412 e. The van der Waals surface area contributed by atoms with Crippen LogP contribution in [0.1, 0.15) is 17.2 Å². The number of hydrogen-bond acceptors (Lipinski definition) is 2. The highest BCUT2D eigenvalue weighted by Crippen LogP contribution is 2.34. The molecule has 84 valence electrons. The second-order valence-electron chi connectivity index (χ2n) is 3.91. The van der Waals surface area contributed by atoms with Gasteiger partial charge in [-0.15, -0.1) is 0 Å². The average molecular weight is 225 g/mol. The topological polar surface area (TPSA) is 38.3 Å². The predicted octanol–water partition coefficient (Wildman–Crippen LogP) is 3.34. The van der Waals surface area contributed by atoms with Crippen molar-refractivity contribution >= 4 is 11.8 Å². The maximum atomic E-state index is 11.5. The zero-order valence-corrected chi connectivity index (χ0v) is 9.09. The summed E-state index contributed by atoms with van der Waals surface area (Å²) in [5.41, 5.74) is 2.78. The third kappa shape index (κ3) is 1.76. The predicted molar refractivity (Wildman–Crippen MR) is 64.8 cm³/mol. The molecule has 0 saturated heterocycles. The molecule has 1 amide bonds. The summed E-state index contributed by atoms with van der Waals surface area (Å²) in [5.74, 6) is 0. The number of fused-ring (bicyclic) bond motifs is 1. The number of para-hydroxylation sites is 1. The van der Waals surface area contributed by atoms with Gasteiger partial charge in [0.1, 0.15) is 0 Å². The molecule has 3 heteroatoms. The number of anilines is 1. The van der Waals surface area contributed by atoms with Gasteiger partial charge in [-0.25, -0.2) is 4.79 Å². The van der Waals surface area contributed by atoms with E-state index in [2.05, 4.69) is 5.32 Å². The van der Waals surface area contributed by atoms with E-state index in [9.17, 15) is 4.79 Å². The molecule has 1 aliphatic heterocycles. The Kier molecular flexibility index (Phi) is 2.29. The number of cyclic esters (lactones) is 1. The lowest BCUT2D eigenvalue weighted by Gasteiger charge is -2.26. The van der Waals surface area contributed by atoms with Crippen molar-refractivity contribution in [3.8, 4) is 0 Å². The lowest BCUT2D eigenvalue weighted by atomic mass is 9.99. The monoisotopic (exact) mass is 225 g/mol. The molecule has 0 spiro atoms. The summed E-state index contributed by atoms with van der Waals surface area (Å²) in [6, 6.07) is 17.4. The van der Waals surface area contributed by atoms with Gasteiger partial charge in [0.25, 0.3) is 0 Å². The molecule has 0 unspecified atom stereocenters. The van der Waals surface area contributed by atoms with Gasteiger partial charge >= 0.3 is 6.09 Å². The van der Waals surface area contributed by atoms with E-state index in [0.29, 0.717) is 0 Å². The molecule has 3 rings (SSSR count). The number of ether oxygens (including phenoxy) is 1. The van der Waals surface area contributed by atoms with Crippen LogP contribution in [-0.4, -0.2) is 6.09 Å². The van der Waals surface area contributed by atoms with Gasteiger partial charge < -0.3 is 4.74 Å². The molecule has 0 radical (unpaired) electrons. The van der Waals surface area contributed by atoms with Gasteiger partial charge in [0.15, 0.2) is 6.10 Å². The van der Waals surface area contributed by atoms with Crippen LogP contribution in [0.5, 0.6) is 0 Å². The molecule has 0 bridgehead atoms. The van der Waals surface area contributed by atoms with Crippen molar-refractivity contribution in [1.29, 1.82) is 0 Å². The van der Waals surface area contributed by atoms with E-state index in [4.69, 9.17) is 4.74 Å². The fourth-order valence-corrected chi connectivity index (χ4v) is 2.02. The Bertz CT molecular complexity index is 551. The molecule has 1 N–H and O–H groups in total. The van der Waals surface area contributed by atoms with Crippen LogP contribution < -0.4 is 5.32 Å². The molecule has 17 heavy (non-hydrogen) atoms. The number of nitrogens with one attached hydrogen (secondary N) is 1. The molecular weight excluding hydrogens is 214 g/mol. The third-order valence-electron chi connectivity index (χ3n) is 2.81. The molecule has 3 nitrogen and oxygen atoms in total. The van der Waals surface area contributed by atoms with Crippen LogP contribution in [0.25, 0.3) is 0 Å². The van der Waals surface area contributed by atoms with Crippen molar-refractivity contribution < 1.29 is 9.53 Å². The van der Waals surface area contributed by atoms with Crippen molar-refractivity contribution in [2.45, 2.75) is 6.10 Å². The zero-order chi connectivity index (χ0) is 11.7. The molecule has 0 fully saturated rings. The summed E-state index contributed by atoms with van der Waals surface area (Å²) in [7, 11) is 0. The first-order valence-electron chi connectivity index (χ1n) is 5.46. The van der Waals surface area contributed by atoms with E-state index < -0.39 is 6.09 Å². The molecule has 0 saturated carbocycles. The smallest absolute Gasteiger partial charge is 0.412 e. The lowest BCUT2D eigenvalue weighted by molar-refractivity contribution is 0.126. The van der Waals surface area contributed by atoms with Gasteiger partial charge in [-0.05, 0) is 11.6 Å². The number of carbonyl (C=O) groups excluding carboxylic acids is 1. The zero-order valence-electron chi connectivity index (χ0n) is 9.09. The molecule has 2 aromatic rings. The van der Waals surface area contributed by atoms with Crippen LogP contribution in [0.3, 0.4) is 0 Å². The molecule has 0 aliphatic carbocycles. The van der Waals surface area contributed by atoms with E-state index in [0.717, 1.165) is 16.8 Å². The van der Waals surface area contributed by atoms with Crippen molar-refractivity contribution in [1.82, 2.24) is 0 Å². The standard InChI is InChI=1S/C14H11NO2/c16-14-15-12-9-5-4-8-11(12)13(17-14)10-6-2-1-3-7-10/h1-9,13H,(H,15,16)/t13-/m1/s1. The van der Waals surface area contributed by atoms with Crippen molar-refractivity contribution in [3.63, 3.8) is 0 Å². The van der Waals surface area contributed by atoms with Gasteiger partial charge in [-0.1, -0.05) is 48.5 Å². The Morgan fingerprint density at radius 2 is 1.65 bits per heavy atom. The Hall–Kier alpha value is -2.29. The summed E-state index contributed by atoms with van der Waals surface area (Å²) in [6.07, 6.45) is -0.723. The summed E-state index contributed by atoms with van der Waals surface area (Å²) in [5, 5.41) is 2.70. The van der Waals surface area contributed by atoms with E-state index in [-0.39, 0.29) is 6.10 Å². The van der Waals surface area contributed by atoms with Gasteiger partial charge in [0.2, 0.25) is 0 Å². The van der Waals surface area contributed by atoms with Crippen LogP contribution in [0, 0.1) is 0 Å². The van der Waals surface area contributed by atoms with Crippen molar-refractivity contribution in [2.75, 3.05) is 5.32 Å². The maximum absolute atomic E-state index is 11.5. The highest BCUT2D eigenvalue weighted by atomic mass is 16.6. The Morgan fingerprint density at radius 1 is 0.941 bits per heavy atom. The van der Waals surface area contributed by atoms with Crippen LogP contribution in [0.2, 0.25) is 0 Å². The second-order valence-corrected chi connectivity index (χ2v) is 3.91. The minimum Gasteiger partial charge on any atom is -0.436 e. The minimum absolute atomic E-state index is 0.318. The Morgan fingerprint density at radius 3 is 2.47 bits per heavy atom. The fraction of sp³-hybridized carbons (Fsp3) is 0.0714. The molecular formula is C14H11NO2. The number of rotatable bonds is 1. The van der Waals surface area contributed by atoms with E-state index in [1.54, 1.807) is 0 Å². The van der Waals surface area contributed by atoms with Gasteiger partial charge in [-0.2, -0.15) is 0 Å². The first kappa shape index (κ1) is 9.90. The average Bonchev–Trinajstić information content (AvgIpc) is 2.39. The highest BCUT2D eigenvalue weighted by Gasteiger charge is 2.26. The molecule has 2 aromatic carbocycles. The third-order valence-corrected chi connectivity index (χ3v) is 2.81. The van der Waals surface area contributed by atoms with Crippen LogP contribution >= 0.6 is 0 Å². The van der Waals surface area contributed by atoms with Crippen LogP contribution in [-0.2, 0) is 4.74 Å². The summed E-state index contributed by atoms with van der Waals surface area (Å²) >= 11 is 0. The minimum atomic E-state index is -0.405. The first-order chi connectivity index (χ1) is 8.34. The SMILES string of the molecule is O=C1Nc2ccccc2[C@@H](c2ccccc2)O1. The summed E-state index contributed by atoms with van der Waals surface area (Å²) in [4.78, 5) is 11.5. The van der Waals surface area contributed by atoms with E-state index in [1.807, 2.05) is 54.6 Å². The Balaban J connectivity index is 2.10. The van der Waals surface area contributed by atoms with Gasteiger partial charge in [0.05, 0.1) is 5.69 Å². The molecule has 1 atom stereocenters. The second kappa shape index (κ2) is 3.94. The van der Waals surface area contributed by atoms with Crippen molar-refractivity contribution in [2.24, 2.45) is 0 Å². The molecule has 1 aliphatic rings. The van der Waals surface area contributed by atoms with Gasteiger partial charge in [-0.3, -0.25) is 5.32 Å².